The van der Waals surface area contributed by atoms with Gasteiger partial charge in [0.2, 0.25) is 5.91 Å². The number of amides is 1. The molecule has 0 atom stereocenters. The van der Waals surface area contributed by atoms with E-state index in [4.69, 9.17) is 0 Å². The van der Waals surface area contributed by atoms with Crippen molar-refractivity contribution in [3.63, 3.8) is 0 Å². The Morgan fingerprint density at radius 2 is 1.85 bits per heavy atom. The highest BCUT2D eigenvalue weighted by Gasteiger charge is 2.45. The summed E-state index contributed by atoms with van der Waals surface area (Å²) in [6, 6.07) is 9.58. The smallest absolute Gasteiger partial charge is 0.329 e. The maximum absolute atomic E-state index is 12.8. The van der Waals surface area contributed by atoms with Crippen molar-refractivity contribution < 1.29 is 14.7 Å². The van der Waals surface area contributed by atoms with E-state index in [0.717, 1.165) is 30.6 Å². The molecule has 138 valence electrons. The molecule has 0 spiro atoms. The fourth-order valence-corrected chi connectivity index (χ4v) is 3.67. The monoisotopic (exact) mass is 356 g/mol. The highest BCUT2D eigenvalue weighted by molar-refractivity contribution is 5.88. The van der Waals surface area contributed by atoms with Crippen molar-refractivity contribution in [2.24, 2.45) is 0 Å². The SMILES string of the molecule is Cc1c(CC(=O)N(C)C2(C(=O)O)CCCCC2)nnn1-c1ccccc1. The first kappa shape index (κ1) is 18.1. The number of hydrogen-bond acceptors (Lipinski definition) is 4. The minimum Gasteiger partial charge on any atom is -0.479 e. The van der Waals surface area contributed by atoms with Crippen molar-refractivity contribution >= 4 is 11.9 Å². The fourth-order valence-electron chi connectivity index (χ4n) is 3.67. The average molecular weight is 356 g/mol. The van der Waals surface area contributed by atoms with Gasteiger partial charge in [0, 0.05) is 7.05 Å². The summed E-state index contributed by atoms with van der Waals surface area (Å²) in [6.07, 6.45) is 3.71. The Hall–Kier alpha value is -2.70. The molecule has 1 N–H and O–H groups in total. The number of hydrogen-bond donors (Lipinski definition) is 1. The van der Waals surface area contributed by atoms with E-state index in [0.29, 0.717) is 18.5 Å². The van der Waals surface area contributed by atoms with E-state index in [-0.39, 0.29) is 12.3 Å². The van der Waals surface area contributed by atoms with E-state index in [2.05, 4.69) is 10.3 Å². The zero-order chi connectivity index (χ0) is 18.7. The largest absolute Gasteiger partial charge is 0.479 e. The number of aromatic nitrogens is 3. The van der Waals surface area contributed by atoms with Crippen LogP contribution in [0, 0.1) is 6.92 Å². The first-order chi connectivity index (χ1) is 12.5. The van der Waals surface area contributed by atoms with Crippen molar-refractivity contribution in [1.29, 1.82) is 0 Å². The molecule has 1 amide bonds. The van der Waals surface area contributed by atoms with Gasteiger partial charge in [0.05, 0.1) is 23.5 Å². The van der Waals surface area contributed by atoms with Crippen LogP contribution in [0.1, 0.15) is 43.5 Å². The Morgan fingerprint density at radius 3 is 2.46 bits per heavy atom. The van der Waals surface area contributed by atoms with E-state index in [1.165, 1.54) is 4.90 Å². The minimum atomic E-state index is -1.10. The molecule has 7 nitrogen and oxygen atoms in total. The number of aliphatic carboxylic acids is 1. The molecule has 1 aromatic carbocycles. The number of carbonyl (C=O) groups is 2. The second kappa shape index (κ2) is 7.27. The van der Waals surface area contributed by atoms with Gasteiger partial charge in [-0.2, -0.15) is 0 Å². The molecule has 0 aliphatic heterocycles. The van der Waals surface area contributed by atoms with Crippen LogP contribution in [-0.4, -0.2) is 49.5 Å². The standard InChI is InChI=1S/C19H24N4O3/c1-14-16(20-21-23(14)15-9-5-3-6-10-15)13-17(24)22(2)19(18(25)26)11-7-4-8-12-19/h3,5-6,9-10H,4,7-8,11-13H2,1-2H3,(H,25,26). The molecule has 0 unspecified atom stereocenters. The second-order valence-electron chi connectivity index (χ2n) is 6.90. The number of carboxylic acid groups (broad SMARTS) is 1. The normalized spacial score (nSPS) is 16.2. The van der Waals surface area contributed by atoms with Gasteiger partial charge in [-0.1, -0.05) is 42.7 Å². The van der Waals surface area contributed by atoms with Gasteiger partial charge in [-0.15, -0.1) is 5.10 Å². The third-order valence-electron chi connectivity index (χ3n) is 5.40. The molecule has 0 saturated heterocycles. The molecule has 26 heavy (non-hydrogen) atoms. The van der Waals surface area contributed by atoms with Crippen molar-refractivity contribution in [2.75, 3.05) is 7.05 Å². The molecule has 1 aliphatic rings. The first-order valence-electron chi connectivity index (χ1n) is 8.92. The summed E-state index contributed by atoms with van der Waals surface area (Å²) in [5, 5.41) is 18.0. The lowest BCUT2D eigenvalue weighted by Crippen LogP contribution is -2.56. The van der Waals surface area contributed by atoms with Crippen molar-refractivity contribution in [2.45, 2.75) is 51.0 Å². The summed E-state index contributed by atoms with van der Waals surface area (Å²) in [5.41, 5.74) is 1.13. The number of benzene rings is 1. The molecular formula is C19H24N4O3. The minimum absolute atomic E-state index is 0.0458. The van der Waals surface area contributed by atoms with Gasteiger partial charge in [-0.3, -0.25) is 4.79 Å². The molecule has 3 rings (SSSR count). The predicted octanol–water partition coefficient (Wildman–Crippen LogP) is 2.36. The lowest BCUT2D eigenvalue weighted by atomic mass is 9.80. The summed E-state index contributed by atoms with van der Waals surface area (Å²) in [4.78, 5) is 26.1. The zero-order valence-corrected chi connectivity index (χ0v) is 15.2. The van der Waals surface area contributed by atoms with Crippen LogP contribution in [0.5, 0.6) is 0 Å². The Balaban J connectivity index is 1.80. The first-order valence-corrected chi connectivity index (χ1v) is 8.92. The topological polar surface area (TPSA) is 88.3 Å². The Kier molecular flexibility index (Phi) is 5.06. The van der Waals surface area contributed by atoms with E-state index in [9.17, 15) is 14.7 Å². The Morgan fingerprint density at radius 1 is 1.19 bits per heavy atom. The highest BCUT2D eigenvalue weighted by atomic mass is 16.4. The third kappa shape index (κ3) is 3.21. The lowest BCUT2D eigenvalue weighted by molar-refractivity contribution is -0.160. The van der Waals surface area contributed by atoms with Crippen LogP contribution in [0.3, 0.4) is 0 Å². The molecular weight excluding hydrogens is 332 g/mol. The van der Waals surface area contributed by atoms with Gasteiger partial charge in [0.25, 0.3) is 0 Å². The predicted molar refractivity (Wildman–Crippen MR) is 96.0 cm³/mol. The number of para-hydroxylation sites is 1. The van der Waals surface area contributed by atoms with Crippen LogP contribution < -0.4 is 0 Å². The van der Waals surface area contributed by atoms with Gasteiger partial charge >= 0.3 is 5.97 Å². The number of carboxylic acids is 1. The van der Waals surface area contributed by atoms with Crippen LogP contribution >= 0.6 is 0 Å². The van der Waals surface area contributed by atoms with Crippen molar-refractivity contribution in [3.8, 4) is 5.69 Å². The molecule has 0 bridgehead atoms. The number of carbonyl (C=O) groups excluding carboxylic acids is 1. The molecule has 1 aromatic heterocycles. The number of rotatable bonds is 5. The summed E-state index contributed by atoms with van der Waals surface area (Å²) in [7, 11) is 1.60. The molecule has 7 heteroatoms. The second-order valence-corrected chi connectivity index (χ2v) is 6.90. The molecule has 1 fully saturated rings. The highest BCUT2D eigenvalue weighted by Crippen LogP contribution is 2.33. The van der Waals surface area contributed by atoms with Gasteiger partial charge < -0.3 is 10.0 Å². The van der Waals surface area contributed by atoms with E-state index < -0.39 is 11.5 Å². The lowest BCUT2D eigenvalue weighted by Gasteiger charge is -2.41. The maximum Gasteiger partial charge on any atom is 0.329 e. The van der Waals surface area contributed by atoms with E-state index in [1.807, 2.05) is 37.3 Å². The van der Waals surface area contributed by atoms with Crippen LogP contribution in [0.2, 0.25) is 0 Å². The van der Waals surface area contributed by atoms with Crippen molar-refractivity contribution in [1.82, 2.24) is 19.9 Å². The number of nitrogens with zero attached hydrogens (tertiary/aromatic N) is 4. The van der Waals surface area contributed by atoms with Gasteiger partial charge in [-0.05, 0) is 31.9 Å². The quantitative estimate of drug-likeness (QED) is 0.888. The summed E-state index contributed by atoms with van der Waals surface area (Å²) in [6.45, 7) is 1.86. The van der Waals surface area contributed by atoms with Crippen LogP contribution in [0.15, 0.2) is 30.3 Å². The van der Waals surface area contributed by atoms with Gasteiger partial charge in [0.1, 0.15) is 5.54 Å². The maximum atomic E-state index is 12.8. The van der Waals surface area contributed by atoms with Gasteiger partial charge in [0.15, 0.2) is 0 Å². The van der Waals surface area contributed by atoms with Gasteiger partial charge in [-0.25, -0.2) is 9.48 Å². The zero-order valence-electron chi connectivity index (χ0n) is 15.2. The average Bonchev–Trinajstić information content (AvgIpc) is 3.02. The van der Waals surface area contributed by atoms with Crippen LogP contribution in [0.25, 0.3) is 5.69 Å². The fraction of sp³-hybridized carbons (Fsp3) is 0.474. The summed E-state index contributed by atoms with van der Waals surface area (Å²) >= 11 is 0. The Bertz CT molecular complexity index is 794. The van der Waals surface area contributed by atoms with E-state index in [1.54, 1.807) is 11.7 Å². The number of likely N-dealkylation sites (N-methyl/N-ethyl adjacent to an activating group) is 1. The summed E-state index contributed by atoms with van der Waals surface area (Å²) in [5.74, 6) is -1.16. The molecule has 1 heterocycles. The molecule has 1 saturated carbocycles. The van der Waals surface area contributed by atoms with Crippen molar-refractivity contribution in [3.05, 3.63) is 41.7 Å². The molecule has 2 aromatic rings. The van der Waals surface area contributed by atoms with Crippen LogP contribution in [0.4, 0.5) is 0 Å². The Labute approximate surface area is 152 Å². The summed E-state index contributed by atoms with van der Waals surface area (Å²) < 4.78 is 1.69. The van der Waals surface area contributed by atoms with E-state index >= 15 is 0 Å². The third-order valence-corrected chi connectivity index (χ3v) is 5.40. The van der Waals surface area contributed by atoms with Crippen LogP contribution in [-0.2, 0) is 16.0 Å². The molecule has 0 radical (unpaired) electrons. The molecule has 1 aliphatic carbocycles.